The van der Waals surface area contributed by atoms with E-state index in [4.69, 9.17) is 9.47 Å². The van der Waals surface area contributed by atoms with Gasteiger partial charge in [0.2, 0.25) is 0 Å². The van der Waals surface area contributed by atoms with Gasteiger partial charge in [-0.25, -0.2) is 4.79 Å². The predicted octanol–water partition coefficient (Wildman–Crippen LogP) is 3.41. The highest BCUT2D eigenvalue weighted by molar-refractivity contribution is 9.10. The first-order valence-electron chi connectivity index (χ1n) is 7.38. The van der Waals surface area contributed by atoms with Crippen LogP contribution in [0.5, 0.6) is 5.75 Å². The summed E-state index contributed by atoms with van der Waals surface area (Å²) in [6, 6.07) is 15.5. The van der Waals surface area contributed by atoms with Crippen LogP contribution in [-0.4, -0.2) is 12.8 Å². The minimum atomic E-state index is -0.889. The van der Waals surface area contributed by atoms with Crippen LogP contribution in [0.4, 0.5) is 4.79 Å². The van der Waals surface area contributed by atoms with Crippen LogP contribution in [0.2, 0.25) is 0 Å². The van der Waals surface area contributed by atoms with Crippen LogP contribution in [0.1, 0.15) is 23.7 Å². The summed E-state index contributed by atoms with van der Waals surface area (Å²) < 4.78 is 13.0. The fourth-order valence-electron chi connectivity index (χ4n) is 3.08. The molecule has 2 N–H and O–H groups in total. The fourth-order valence-corrected chi connectivity index (χ4v) is 3.44. The summed E-state index contributed by atoms with van der Waals surface area (Å²) >= 11 is 3.48. The van der Waals surface area contributed by atoms with Gasteiger partial charge in [0.1, 0.15) is 18.6 Å². The zero-order valence-corrected chi connectivity index (χ0v) is 13.8. The van der Waals surface area contributed by atoms with E-state index in [0.717, 1.165) is 21.3 Å². The Hall–Kier alpha value is -2.05. The molecule has 0 bridgehead atoms. The van der Waals surface area contributed by atoms with Gasteiger partial charge in [0.05, 0.1) is 0 Å². The number of ether oxygens (including phenoxy) is 2. The maximum atomic E-state index is 11.9. The van der Waals surface area contributed by atoms with Crippen molar-refractivity contribution in [2.75, 3.05) is 6.73 Å². The predicted molar refractivity (Wildman–Crippen MR) is 87.9 cm³/mol. The summed E-state index contributed by atoms with van der Waals surface area (Å²) in [7, 11) is 0. The van der Waals surface area contributed by atoms with Crippen LogP contribution < -0.4 is 15.4 Å². The topological polar surface area (TPSA) is 59.6 Å². The van der Waals surface area contributed by atoms with E-state index in [0.29, 0.717) is 6.42 Å². The monoisotopic (exact) mass is 374 g/mol. The SMILES string of the molecule is O=C1NCOC2(CC(c3ccccc3)Oc3ccc(Br)cc32)N1. The largest absolute Gasteiger partial charge is 0.485 e. The Bertz CT molecular complexity index is 753. The third-order valence-electron chi connectivity index (χ3n) is 4.16. The molecular weight excluding hydrogens is 360 g/mol. The molecule has 2 atom stereocenters. The summed E-state index contributed by atoms with van der Waals surface area (Å²) in [5.41, 5.74) is 0.992. The average Bonchev–Trinajstić information content (AvgIpc) is 2.56. The van der Waals surface area contributed by atoms with Gasteiger partial charge in [0, 0.05) is 16.5 Å². The molecule has 2 heterocycles. The van der Waals surface area contributed by atoms with Gasteiger partial charge in [0.15, 0.2) is 5.72 Å². The number of fused-ring (bicyclic) bond motifs is 2. The van der Waals surface area contributed by atoms with Gasteiger partial charge in [-0.3, -0.25) is 0 Å². The number of hydrogen-bond acceptors (Lipinski definition) is 3. The number of amides is 2. The van der Waals surface area contributed by atoms with Gasteiger partial charge in [-0.1, -0.05) is 46.3 Å². The van der Waals surface area contributed by atoms with Crippen molar-refractivity contribution < 1.29 is 14.3 Å². The van der Waals surface area contributed by atoms with E-state index in [1.165, 1.54) is 0 Å². The van der Waals surface area contributed by atoms with E-state index >= 15 is 0 Å². The molecule has 23 heavy (non-hydrogen) atoms. The molecule has 1 spiro atoms. The summed E-state index contributed by atoms with van der Waals surface area (Å²) in [5.74, 6) is 0.718. The molecule has 2 aromatic rings. The van der Waals surface area contributed by atoms with Gasteiger partial charge in [-0.05, 0) is 23.8 Å². The lowest BCUT2D eigenvalue weighted by atomic mass is 9.89. The molecule has 0 aromatic heterocycles. The first-order chi connectivity index (χ1) is 11.2. The van der Waals surface area contributed by atoms with E-state index in [9.17, 15) is 4.79 Å². The Morgan fingerprint density at radius 1 is 1.17 bits per heavy atom. The van der Waals surface area contributed by atoms with E-state index in [2.05, 4.69) is 26.6 Å². The molecule has 0 saturated carbocycles. The number of benzene rings is 2. The summed E-state index contributed by atoms with van der Waals surface area (Å²) in [6.07, 6.45) is 0.316. The van der Waals surface area contributed by atoms with Crippen molar-refractivity contribution in [3.8, 4) is 5.75 Å². The number of halogens is 1. The second-order valence-electron chi connectivity index (χ2n) is 5.61. The molecule has 0 radical (unpaired) electrons. The van der Waals surface area contributed by atoms with Crippen molar-refractivity contribution in [3.05, 3.63) is 64.1 Å². The van der Waals surface area contributed by atoms with Gasteiger partial charge >= 0.3 is 6.03 Å². The van der Waals surface area contributed by atoms with E-state index < -0.39 is 5.72 Å². The standard InChI is InChI=1S/C17H15BrN2O3/c18-12-6-7-14-13(8-12)17(20-16(21)19-10-22-17)9-15(23-14)11-4-2-1-3-5-11/h1-8,15H,9-10H2,(H2,19,20,21). The lowest BCUT2D eigenvalue weighted by Crippen LogP contribution is -2.59. The smallest absolute Gasteiger partial charge is 0.319 e. The fraction of sp³-hybridized carbons (Fsp3) is 0.235. The Morgan fingerprint density at radius 2 is 2.00 bits per heavy atom. The summed E-state index contributed by atoms with van der Waals surface area (Å²) in [5, 5.41) is 5.57. The summed E-state index contributed by atoms with van der Waals surface area (Å²) in [4.78, 5) is 11.9. The molecule has 2 unspecified atom stereocenters. The van der Waals surface area contributed by atoms with E-state index in [1.54, 1.807) is 0 Å². The van der Waals surface area contributed by atoms with Crippen molar-refractivity contribution in [3.63, 3.8) is 0 Å². The zero-order valence-electron chi connectivity index (χ0n) is 12.2. The van der Waals surface area contributed by atoms with Crippen LogP contribution in [0.15, 0.2) is 53.0 Å². The molecule has 2 aliphatic heterocycles. The normalized spacial score (nSPS) is 26.0. The minimum Gasteiger partial charge on any atom is -0.485 e. The van der Waals surface area contributed by atoms with Crippen molar-refractivity contribution in [2.45, 2.75) is 18.2 Å². The Balaban J connectivity index is 1.80. The highest BCUT2D eigenvalue weighted by Crippen LogP contribution is 2.46. The molecule has 118 valence electrons. The molecule has 6 heteroatoms. The van der Waals surface area contributed by atoms with Gasteiger partial charge in [-0.15, -0.1) is 0 Å². The van der Waals surface area contributed by atoms with Gasteiger partial charge < -0.3 is 20.1 Å². The van der Waals surface area contributed by atoms with Crippen molar-refractivity contribution >= 4 is 22.0 Å². The summed E-state index contributed by atoms with van der Waals surface area (Å²) in [6.45, 7) is 0.166. The van der Waals surface area contributed by atoms with Crippen LogP contribution in [0, 0.1) is 0 Å². The van der Waals surface area contributed by atoms with E-state index in [1.807, 2.05) is 48.5 Å². The molecule has 2 amide bonds. The molecule has 1 fully saturated rings. The molecule has 1 saturated heterocycles. The lowest BCUT2D eigenvalue weighted by Gasteiger charge is -2.44. The van der Waals surface area contributed by atoms with Crippen LogP contribution in [0.25, 0.3) is 0 Å². The Labute approximate surface area is 142 Å². The lowest BCUT2D eigenvalue weighted by molar-refractivity contribution is -0.124. The maximum Gasteiger partial charge on any atom is 0.319 e. The molecule has 2 aliphatic rings. The maximum absolute atomic E-state index is 11.9. The van der Waals surface area contributed by atoms with Crippen LogP contribution in [0.3, 0.4) is 0 Å². The highest BCUT2D eigenvalue weighted by Gasteiger charge is 2.46. The van der Waals surface area contributed by atoms with Crippen molar-refractivity contribution in [1.82, 2.24) is 10.6 Å². The molecule has 5 nitrogen and oxygen atoms in total. The number of carbonyl (C=O) groups excluding carboxylic acids is 1. The number of urea groups is 1. The first kappa shape index (κ1) is 14.5. The highest BCUT2D eigenvalue weighted by atomic mass is 79.9. The Kier molecular flexibility index (Phi) is 3.50. The molecule has 2 aromatic carbocycles. The van der Waals surface area contributed by atoms with Gasteiger partial charge in [0.25, 0.3) is 0 Å². The zero-order chi connectivity index (χ0) is 15.9. The number of nitrogens with one attached hydrogen (secondary N) is 2. The van der Waals surface area contributed by atoms with Crippen molar-refractivity contribution in [1.29, 1.82) is 0 Å². The van der Waals surface area contributed by atoms with Gasteiger partial charge in [-0.2, -0.15) is 0 Å². The second-order valence-corrected chi connectivity index (χ2v) is 6.52. The molecular formula is C17H15BrN2O3. The number of carbonyl (C=O) groups is 1. The van der Waals surface area contributed by atoms with Crippen molar-refractivity contribution in [2.24, 2.45) is 0 Å². The Morgan fingerprint density at radius 3 is 2.78 bits per heavy atom. The number of rotatable bonds is 1. The van der Waals surface area contributed by atoms with E-state index in [-0.39, 0.29) is 18.9 Å². The quantitative estimate of drug-likeness (QED) is 0.803. The third-order valence-corrected chi connectivity index (χ3v) is 4.65. The third kappa shape index (κ3) is 2.58. The average molecular weight is 375 g/mol. The molecule has 4 rings (SSSR count). The second kappa shape index (κ2) is 5.54. The van der Waals surface area contributed by atoms with Crippen LogP contribution >= 0.6 is 15.9 Å². The number of hydrogen-bond donors (Lipinski definition) is 2. The molecule has 0 aliphatic carbocycles. The first-order valence-corrected chi connectivity index (χ1v) is 8.17. The minimum absolute atomic E-state index is 0.166. The van der Waals surface area contributed by atoms with Crippen LogP contribution in [-0.2, 0) is 10.5 Å².